The van der Waals surface area contributed by atoms with Crippen LogP contribution < -0.4 is 15.0 Å². The van der Waals surface area contributed by atoms with Gasteiger partial charge in [0.15, 0.2) is 0 Å². The van der Waals surface area contributed by atoms with Crippen molar-refractivity contribution >= 4 is 17.5 Å². The van der Waals surface area contributed by atoms with Crippen molar-refractivity contribution in [2.75, 3.05) is 18.1 Å². The molecule has 1 fully saturated rings. The van der Waals surface area contributed by atoms with Crippen LogP contribution in [0.5, 0.6) is 5.75 Å². The predicted octanol–water partition coefficient (Wildman–Crippen LogP) is 2.75. The molecule has 0 saturated carbocycles. The van der Waals surface area contributed by atoms with Crippen LogP contribution in [0.2, 0.25) is 0 Å². The minimum Gasteiger partial charge on any atom is -0.494 e. The second-order valence-electron chi connectivity index (χ2n) is 6.04. The Morgan fingerprint density at radius 3 is 2.56 bits per heavy atom. The van der Waals surface area contributed by atoms with Gasteiger partial charge in [0, 0.05) is 25.2 Å². The third-order valence-corrected chi connectivity index (χ3v) is 4.26. The Bertz CT molecular complexity index is 728. The highest BCUT2D eigenvalue weighted by molar-refractivity contribution is 6.00. The third-order valence-electron chi connectivity index (χ3n) is 4.26. The average Bonchev–Trinajstić information content (AvgIpc) is 3.04. The number of ether oxygens (including phenoxy) is 1. The number of carbonyl (C=O) groups is 2. The minimum absolute atomic E-state index is 0.00702. The van der Waals surface area contributed by atoms with E-state index in [1.807, 2.05) is 61.5 Å². The Morgan fingerprint density at radius 2 is 1.88 bits per heavy atom. The molecule has 0 bridgehead atoms. The first-order valence-corrected chi connectivity index (χ1v) is 8.52. The van der Waals surface area contributed by atoms with E-state index in [-0.39, 0.29) is 24.2 Å². The standard InChI is InChI=1S/C20H22N2O3/c1-2-25-18-10-8-15(9-11-18)13-21-20(24)16-12-19(23)22(14-16)17-6-4-3-5-7-17/h3-11,16H,2,12-14H2,1H3,(H,21,24)/t16-/m0/s1. The first-order chi connectivity index (χ1) is 12.2. The van der Waals surface area contributed by atoms with E-state index in [9.17, 15) is 9.59 Å². The highest BCUT2D eigenvalue weighted by Gasteiger charge is 2.34. The fourth-order valence-electron chi connectivity index (χ4n) is 2.94. The van der Waals surface area contributed by atoms with Crippen LogP contribution in [0.4, 0.5) is 5.69 Å². The Hall–Kier alpha value is -2.82. The lowest BCUT2D eigenvalue weighted by Gasteiger charge is -2.16. The maximum atomic E-state index is 12.4. The molecule has 1 N–H and O–H groups in total. The van der Waals surface area contributed by atoms with E-state index < -0.39 is 0 Å². The van der Waals surface area contributed by atoms with Gasteiger partial charge in [0.2, 0.25) is 11.8 Å². The molecule has 1 atom stereocenters. The molecule has 0 aliphatic carbocycles. The molecular weight excluding hydrogens is 316 g/mol. The van der Waals surface area contributed by atoms with Crippen LogP contribution in [0.3, 0.4) is 0 Å². The number of nitrogens with zero attached hydrogens (tertiary/aromatic N) is 1. The first-order valence-electron chi connectivity index (χ1n) is 8.52. The molecule has 130 valence electrons. The quantitative estimate of drug-likeness (QED) is 0.881. The zero-order valence-electron chi connectivity index (χ0n) is 14.3. The van der Waals surface area contributed by atoms with Gasteiger partial charge in [0.05, 0.1) is 12.5 Å². The highest BCUT2D eigenvalue weighted by atomic mass is 16.5. The number of nitrogens with one attached hydrogen (secondary N) is 1. The SMILES string of the molecule is CCOc1ccc(CNC(=O)[C@H]2CC(=O)N(c3ccccc3)C2)cc1. The van der Waals surface area contributed by atoms with Gasteiger partial charge in [0.25, 0.3) is 0 Å². The molecule has 0 spiro atoms. The molecule has 0 radical (unpaired) electrons. The lowest BCUT2D eigenvalue weighted by molar-refractivity contribution is -0.126. The van der Waals surface area contributed by atoms with Crippen molar-refractivity contribution in [3.8, 4) is 5.75 Å². The zero-order chi connectivity index (χ0) is 17.6. The number of anilines is 1. The van der Waals surface area contributed by atoms with Gasteiger partial charge in [-0.15, -0.1) is 0 Å². The number of amides is 2. The van der Waals surface area contributed by atoms with E-state index in [2.05, 4.69) is 5.32 Å². The summed E-state index contributed by atoms with van der Waals surface area (Å²) >= 11 is 0. The van der Waals surface area contributed by atoms with Crippen LogP contribution in [0.1, 0.15) is 18.9 Å². The molecule has 25 heavy (non-hydrogen) atoms. The van der Waals surface area contributed by atoms with Gasteiger partial charge >= 0.3 is 0 Å². The fraction of sp³-hybridized carbons (Fsp3) is 0.300. The maximum absolute atomic E-state index is 12.4. The van der Waals surface area contributed by atoms with Gasteiger partial charge in [-0.3, -0.25) is 9.59 Å². The van der Waals surface area contributed by atoms with Crippen molar-refractivity contribution in [2.24, 2.45) is 5.92 Å². The van der Waals surface area contributed by atoms with E-state index in [4.69, 9.17) is 4.74 Å². The van der Waals surface area contributed by atoms with E-state index in [1.54, 1.807) is 4.90 Å². The van der Waals surface area contributed by atoms with Gasteiger partial charge in [0.1, 0.15) is 5.75 Å². The number of para-hydroxylation sites is 1. The summed E-state index contributed by atoms with van der Waals surface area (Å²) in [6.07, 6.45) is 0.254. The number of rotatable bonds is 6. The Kier molecular flexibility index (Phi) is 5.33. The van der Waals surface area contributed by atoms with E-state index in [1.165, 1.54) is 0 Å². The predicted molar refractivity (Wildman–Crippen MR) is 96.4 cm³/mol. The summed E-state index contributed by atoms with van der Waals surface area (Å²) in [5.74, 6) is 0.418. The summed E-state index contributed by atoms with van der Waals surface area (Å²) in [6, 6.07) is 17.1. The van der Waals surface area contributed by atoms with Gasteiger partial charge in [-0.25, -0.2) is 0 Å². The number of hydrogen-bond donors (Lipinski definition) is 1. The molecule has 1 saturated heterocycles. The largest absolute Gasteiger partial charge is 0.494 e. The van der Waals surface area contributed by atoms with Crippen LogP contribution in [0.25, 0.3) is 0 Å². The van der Waals surface area contributed by atoms with Crippen molar-refractivity contribution in [2.45, 2.75) is 19.9 Å². The van der Waals surface area contributed by atoms with E-state index in [0.717, 1.165) is 17.0 Å². The monoisotopic (exact) mass is 338 g/mol. The first kappa shape index (κ1) is 17.0. The molecule has 2 aromatic carbocycles. The topological polar surface area (TPSA) is 58.6 Å². The molecule has 1 aliphatic heterocycles. The van der Waals surface area contributed by atoms with E-state index in [0.29, 0.717) is 19.7 Å². The summed E-state index contributed by atoms with van der Waals surface area (Å²) < 4.78 is 5.40. The van der Waals surface area contributed by atoms with Gasteiger partial charge in [-0.1, -0.05) is 30.3 Å². The van der Waals surface area contributed by atoms with Crippen LogP contribution in [0, 0.1) is 5.92 Å². The van der Waals surface area contributed by atoms with Crippen LogP contribution in [-0.4, -0.2) is 25.0 Å². The third kappa shape index (κ3) is 4.18. The lowest BCUT2D eigenvalue weighted by atomic mass is 10.1. The van der Waals surface area contributed by atoms with Crippen LogP contribution in [-0.2, 0) is 16.1 Å². The minimum atomic E-state index is -0.310. The highest BCUT2D eigenvalue weighted by Crippen LogP contribution is 2.25. The number of benzene rings is 2. The van der Waals surface area contributed by atoms with Crippen molar-refractivity contribution in [3.63, 3.8) is 0 Å². The molecule has 2 amide bonds. The summed E-state index contributed by atoms with van der Waals surface area (Å²) in [5.41, 5.74) is 1.84. The van der Waals surface area contributed by atoms with Crippen LogP contribution >= 0.6 is 0 Å². The summed E-state index contributed by atoms with van der Waals surface area (Å²) in [4.78, 5) is 26.3. The molecule has 1 heterocycles. The molecule has 5 heteroatoms. The number of carbonyl (C=O) groups excluding carboxylic acids is 2. The van der Waals surface area contributed by atoms with Crippen molar-refractivity contribution in [1.29, 1.82) is 0 Å². The number of hydrogen-bond acceptors (Lipinski definition) is 3. The van der Waals surface area contributed by atoms with Gasteiger partial charge in [-0.2, -0.15) is 0 Å². The molecule has 0 aromatic heterocycles. The molecule has 3 rings (SSSR count). The molecule has 5 nitrogen and oxygen atoms in total. The molecular formula is C20H22N2O3. The summed E-state index contributed by atoms with van der Waals surface area (Å²) in [7, 11) is 0. The summed E-state index contributed by atoms with van der Waals surface area (Å²) in [6.45, 7) is 3.44. The molecule has 1 aliphatic rings. The van der Waals surface area contributed by atoms with Crippen molar-refractivity contribution in [3.05, 3.63) is 60.2 Å². The lowest BCUT2D eigenvalue weighted by Crippen LogP contribution is -2.32. The maximum Gasteiger partial charge on any atom is 0.227 e. The smallest absolute Gasteiger partial charge is 0.227 e. The Labute approximate surface area is 147 Å². The zero-order valence-corrected chi connectivity index (χ0v) is 14.3. The molecule has 2 aromatic rings. The Morgan fingerprint density at radius 1 is 1.16 bits per heavy atom. The van der Waals surface area contributed by atoms with Gasteiger partial charge < -0.3 is 15.0 Å². The fourth-order valence-corrected chi connectivity index (χ4v) is 2.94. The second kappa shape index (κ2) is 7.83. The van der Waals surface area contributed by atoms with Gasteiger partial charge in [-0.05, 0) is 36.8 Å². The normalized spacial score (nSPS) is 16.8. The average molecular weight is 338 g/mol. The van der Waals surface area contributed by atoms with E-state index >= 15 is 0 Å². The van der Waals surface area contributed by atoms with Crippen LogP contribution in [0.15, 0.2) is 54.6 Å². The van der Waals surface area contributed by atoms with Crippen molar-refractivity contribution in [1.82, 2.24) is 5.32 Å². The van der Waals surface area contributed by atoms with Crippen molar-refractivity contribution < 1.29 is 14.3 Å². The second-order valence-corrected chi connectivity index (χ2v) is 6.04. The summed E-state index contributed by atoms with van der Waals surface area (Å²) in [5, 5.41) is 2.93. The molecule has 0 unspecified atom stereocenters. The Balaban J connectivity index is 1.54.